The summed E-state index contributed by atoms with van der Waals surface area (Å²) >= 11 is 0. The second-order valence-electron chi connectivity index (χ2n) is 9.18. The van der Waals surface area contributed by atoms with Gasteiger partial charge in [0.25, 0.3) is 0 Å². The Labute approximate surface area is 196 Å². The van der Waals surface area contributed by atoms with Crippen molar-refractivity contribution in [3.05, 3.63) is 47.5 Å². The van der Waals surface area contributed by atoms with Gasteiger partial charge in [0.1, 0.15) is 5.75 Å². The van der Waals surface area contributed by atoms with Crippen LogP contribution in [0.15, 0.2) is 36.4 Å². The Morgan fingerprint density at radius 1 is 1.09 bits per heavy atom. The van der Waals surface area contributed by atoms with Crippen molar-refractivity contribution in [1.82, 2.24) is 9.97 Å². The number of rotatable bonds is 4. The Kier molecular flexibility index (Phi) is 7.74. The largest absolute Gasteiger partial charge is 0.573 e. The Hall–Kier alpha value is -3.23. The zero-order valence-electron chi connectivity index (χ0n) is 19.8. The number of hydrogen-bond donors (Lipinski definition) is 2. The minimum atomic E-state index is -4.73. The van der Waals surface area contributed by atoms with Gasteiger partial charge >= 0.3 is 12.3 Å². The van der Waals surface area contributed by atoms with Gasteiger partial charge in [-0.3, -0.25) is 0 Å². The minimum Gasteiger partial charge on any atom is -0.465 e. The molecular weight excluding hydrogens is 447 g/mol. The Balaban J connectivity index is 0.000000343. The van der Waals surface area contributed by atoms with Crippen LogP contribution in [0.2, 0.25) is 0 Å². The molecule has 2 aromatic carbocycles. The lowest BCUT2D eigenvalue weighted by Crippen LogP contribution is -2.16. The monoisotopic (exact) mass is 477 g/mol. The summed E-state index contributed by atoms with van der Waals surface area (Å²) in [5.74, 6) is -0.390. The summed E-state index contributed by atoms with van der Waals surface area (Å²) in [7, 11) is 1.30. The van der Waals surface area contributed by atoms with Crippen LogP contribution in [0, 0.1) is 12.3 Å². The van der Waals surface area contributed by atoms with Gasteiger partial charge in [-0.25, -0.2) is 9.78 Å². The second-order valence-corrected chi connectivity index (χ2v) is 9.18. The van der Waals surface area contributed by atoms with Gasteiger partial charge in [0.2, 0.25) is 5.95 Å². The summed E-state index contributed by atoms with van der Waals surface area (Å²) in [5.41, 5.74) is 3.59. The highest BCUT2D eigenvalue weighted by atomic mass is 19.4. The SMILES string of the molecule is CC1(C)CCCCC1.COC(=O)c1cc2nc(Nc3ccc(OC(F)(F)F)cc3)[nH]c2cc1C. The van der Waals surface area contributed by atoms with E-state index in [1.54, 1.807) is 19.1 Å². The molecule has 184 valence electrons. The molecular formula is C25H30F3N3O3. The number of aromatic nitrogens is 2. The van der Waals surface area contributed by atoms with E-state index in [2.05, 4.69) is 33.9 Å². The van der Waals surface area contributed by atoms with Crippen molar-refractivity contribution in [1.29, 1.82) is 0 Å². The standard InChI is InChI=1S/C17H14F3N3O3.C8H16/c1-9-7-13-14(8-12(9)15(24)25-2)23-16(22-13)21-10-3-5-11(6-4-10)26-17(18,19)20;1-8(2)6-4-3-5-7-8/h3-8H,1-2H3,(H2,21,22,23);3-7H2,1-2H3. The zero-order valence-corrected chi connectivity index (χ0v) is 19.8. The van der Waals surface area contributed by atoms with Crippen LogP contribution >= 0.6 is 0 Å². The number of ether oxygens (including phenoxy) is 2. The van der Waals surface area contributed by atoms with E-state index in [-0.39, 0.29) is 5.75 Å². The van der Waals surface area contributed by atoms with Crippen molar-refractivity contribution >= 4 is 28.6 Å². The molecule has 0 unspecified atom stereocenters. The highest BCUT2D eigenvalue weighted by Crippen LogP contribution is 2.34. The van der Waals surface area contributed by atoms with Gasteiger partial charge in [-0.1, -0.05) is 33.1 Å². The normalized spacial score (nSPS) is 15.3. The van der Waals surface area contributed by atoms with Gasteiger partial charge in [-0.05, 0) is 67.1 Å². The average molecular weight is 478 g/mol. The first-order valence-corrected chi connectivity index (χ1v) is 11.2. The average Bonchev–Trinajstić information content (AvgIpc) is 3.14. The third kappa shape index (κ3) is 7.13. The molecule has 9 heteroatoms. The van der Waals surface area contributed by atoms with Crippen LogP contribution in [0.5, 0.6) is 5.75 Å². The van der Waals surface area contributed by atoms with Crippen molar-refractivity contribution in [2.45, 2.75) is 59.2 Å². The van der Waals surface area contributed by atoms with Crippen LogP contribution < -0.4 is 10.1 Å². The van der Waals surface area contributed by atoms with E-state index < -0.39 is 12.3 Å². The molecule has 6 nitrogen and oxygen atoms in total. The number of aryl methyl sites for hydroxylation is 1. The summed E-state index contributed by atoms with van der Waals surface area (Å²) in [5, 5.41) is 2.95. The van der Waals surface area contributed by atoms with Crippen molar-refractivity contribution in [2.24, 2.45) is 5.41 Å². The predicted octanol–water partition coefficient (Wildman–Crippen LogP) is 7.28. The summed E-state index contributed by atoms with van der Waals surface area (Å²) in [6, 6.07) is 8.62. The van der Waals surface area contributed by atoms with Crippen molar-refractivity contribution < 1.29 is 27.4 Å². The fraction of sp³-hybridized carbons (Fsp3) is 0.440. The molecule has 3 aromatic rings. The van der Waals surface area contributed by atoms with Crippen molar-refractivity contribution in [3.63, 3.8) is 0 Å². The molecule has 0 spiro atoms. The number of aromatic amines is 1. The number of carbonyl (C=O) groups is 1. The lowest BCUT2D eigenvalue weighted by molar-refractivity contribution is -0.274. The first-order chi connectivity index (χ1) is 16.0. The van der Waals surface area contributed by atoms with Gasteiger partial charge in [0.05, 0.1) is 23.7 Å². The molecule has 2 N–H and O–H groups in total. The van der Waals surface area contributed by atoms with Gasteiger partial charge < -0.3 is 19.8 Å². The Morgan fingerprint density at radius 3 is 2.26 bits per heavy atom. The maximum Gasteiger partial charge on any atom is 0.573 e. The van der Waals surface area contributed by atoms with Crippen LogP contribution in [0.25, 0.3) is 11.0 Å². The fourth-order valence-electron chi connectivity index (χ4n) is 3.94. The van der Waals surface area contributed by atoms with Crippen LogP contribution in [0.4, 0.5) is 24.8 Å². The molecule has 1 aliphatic carbocycles. The lowest BCUT2D eigenvalue weighted by Gasteiger charge is -2.28. The summed E-state index contributed by atoms with van der Waals surface area (Å²) < 4.78 is 45.1. The third-order valence-corrected chi connectivity index (χ3v) is 5.79. The smallest absolute Gasteiger partial charge is 0.465 e. The molecule has 0 saturated heterocycles. The van der Waals surface area contributed by atoms with Crippen LogP contribution in [-0.2, 0) is 4.74 Å². The molecule has 34 heavy (non-hydrogen) atoms. The Morgan fingerprint density at radius 2 is 1.74 bits per heavy atom. The number of benzene rings is 2. The maximum atomic E-state index is 12.2. The van der Waals surface area contributed by atoms with Crippen molar-refractivity contribution in [3.8, 4) is 5.75 Å². The number of nitrogens with zero attached hydrogens (tertiary/aromatic N) is 1. The molecule has 1 heterocycles. The molecule has 1 aliphatic rings. The number of carbonyl (C=O) groups excluding carboxylic acids is 1. The molecule has 0 radical (unpaired) electrons. The van der Waals surface area contributed by atoms with Crippen LogP contribution in [-0.4, -0.2) is 29.4 Å². The number of halogens is 3. The van der Waals surface area contributed by atoms with Gasteiger partial charge in [-0.15, -0.1) is 13.2 Å². The predicted molar refractivity (Wildman–Crippen MR) is 125 cm³/mol. The number of methoxy groups -OCH3 is 1. The van der Waals surface area contributed by atoms with Crippen LogP contribution in [0.1, 0.15) is 61.9 Å². The summed E-state index contributed by atoms with van der Waals surface area (Å²) in [6.07, 6.45) is 2.58. The topological polar surface area (TPSA) is 76.2 Å². The number of H-pyrrole nitrogens is 1. The van der Waals surface area contributed by atoms with E-state index in [9.17, 15) is 18.0 Å². The third-order valence-electron chi connectivity index (χ3n) is 5.79. The second kappa shape index (κ2) is 10.4. The molecule has 0 atom stereocenters. The van der Waals surface area contributed by atoms with E-state index in [0.29, 0.717) is 33.6 Å². The summed E-state index contributed by atoms with van der Waals surface area (Å²) in [4.78, 5) is 19.1. The van der Waals surface area contributed by atoms with Gasteiger partial charge in [-0.2, -0.15) is 0 Å². The molecule has 1 saturated carbocycles. The minimum absolute atomic E-state index is 0.314. The van der Waals surface area contributed by atoms with E-state index in [0.717, 1.165) is 5.56 Å². The highest BCUT2D eigenvalue weighted by Gasteiger charge is 2.31. The lowest BCUT2D eigenvalue weighted by atomic mass is 9.78. The number of fused-ring (bicyclic) bond motifs is 1. The van der Waals surface area contributed by atoms with E-state index in [1.807, 2.05) is 0 Å². The zero-order chi connectivity index (χ0) is 24.9. The van der Waals surface area contributed by atoms with Crippen molar-refractivity contribution in [2.75, 3.05) is 12.4 Å². The number of hydrogen-bond acceptors (Lipinski definition) is 5. The molecule has 0 aliphatic heterocycles. The van der Waals surface area contributed by atoms with Crippen LogP contribution in [0.3, 0.4) is 0 Å². The molecule has 1 fully saturated rings. The fourth-order valence-corrected chi connectivity index (χ4v) is 3.94. The number of anilines is 2. The van der Waals surface area contributed by atoms with Gasteiger partial charge in [0, 0.05) is 5.69 Å². The number of imidazole rings is 1. The molecule has 1 aromatic heterocycles. The molecule has 0 bridgehead atoms. The quantitative estimate of drug-likeness (QED) is 0.386. The number of nitrogens with one attached hydrogen (secondary N) is 2. The Bertz CT molecular complexity index is 1110. The van der Waals surface area contributed by atoms with E-state index >= 15 is 0 Å². The molecule has 4 rings (SSSR count). The first-order valence-electron chi connectivity index (χ1n) is 11.2. The maximum absolute atomic E-state index is 12.2. The van der Waals surface area contributed by atoms with Gasteiger partial charge in [0.15, 0.2) is 0 Å². The number of esters is 1. The highest BCUT2D eigenvalue weighted by molar-refractivity contribution is 5.95. The van der Waals surface area contributed by atoms with E-state index in [4.69, 9.17) is 4.74 Å². The number of alkyl halides is 3. The molecule has 0 amide bonds. The summed E-state index contributed by atoms with van der Waals surface area (Å²) in [6.45, 7) is 6.54. The first kappa shape index (κ1) is 25.4. The van der Waals surface area contributed by atoms with E-state index in [1.165, 1.54) is 63.5 Å².